The molecule has 6 N–H and O–H groups in total. The Morgan fingerprint density at radius 3 is 2.50 bits per heavy atom. The van der Waals surface area contributed by atoms with Crippen LogP contribution in [0, 0.1) is 17.8 Å². The van der Waals surface area contributed by atoms with Crippen molar-refractivity contribution in [3.8, 4) is 5.75 Å². The van der Waals surface area contributed by atoms with Crippen LogP contribution >= 0.6 is 11.6 Å². The minimum atomic E-state index is -2.57. The zero-order chi connectivity index (χ0) is 28.9. The Morgan fingerprint density at radius 1 is 1.15 bits per heavy atom. The Bertz CT molecular complexity index is 1330. The minimum Gasteiger partial charge on any atom is -0.508 e. The second-order valence-corrected chi connectivity index (χ2v) is 12.2. The fourth-order valence-corrected chi connectivity index (χ4v) is 7.56. The summed E-state index contributed by atoms with van der Waals surface area (Å²) < 4.78 is 0. The number of phenols is 1. The number of ketones is 2. The zero-order valence-electron chi connectivity index (χ0n) is 22.7. The van der Waals surface area contributed by atoms with Crippen molar-refractivity contribution in [2.45, 2.75) is 76.9 Å². The first-order chi connectivity index (χ1) is 19.0. The number of nitrogens with zero attached hydrogens (tertiary/aromatic N) is 1. The van der Waals surface area contributed by atoms with E-state index in [1.165, 1.54) is 38.2 Å². The van der Waals surface area contributed by atoms with Gasteiger partial charge in [0.1, 0.15) is 22.8 Å². The van der Waals surface area contributed by atoms with E-state index in [4.69, 9.17) is 17.3 Å². The van der Waals surface area contributed by atoms with Crippen LogP contribution < -0.4 is 5.73 Å². The van der Waals surface area contributed by atoms with Gasteiger partial charge < -0.3 is 26.2 Å². The summed E-state index contributed by atoms with van der Waals surface area (Å²) >= 11 is 6.89. The van der Waals surface area contributed by atoms with Gasteiger partial charge in [-0.2, -0.15) is 0 Å². The number of nitrogens with two attached hydrogens (primary N) is 1. The van der Waals surface area contributed by atoms with Crippen molar-refractivity contribution < 1.29 is 34.8 Å². The second-order valence-electron chi connectivity index (χ2n) is 11.8. The highest BCUT2D eigenvalue weighted by atomic mass is 35.5. The van der Waals surface area contributed by atoms with E-state index >= 15 is 0 Å². The summed E-state index contributed by atoms with van der Waals surface area (Å²) in [7, 11) is 0. The SMILES string of the molecule is CCN(CCC1CCCCC1)Cc1cc(O)c2c(c1Cl)CC1C[C@H]3CC(=O)C(C(N)=O)=C(O)[C@@]3(O)C(=O)C1=C2O. The molecule has 0 saturated heterocycles. The van der Waals surface area contributed by atoms with Gasteiger partial charge in [0.25, 0.3) is 5.91 Å². The Labute approximate surface area is 238 Å². The summed E-state index contributed by atoms with van der Waals surface area (Å²) in [5.41, 5.74) is 2.93. The van der Waals surface area contributed by atoms with E-state index in [1.807, 2.05) is 0 Å². The van der Waals surface area contributed by atoms with Gasteiger partial charge in [-0.1, -0.05) is 50.6 Å². The smallest absolute Gasteiger partial charge is 0.255 e. The van der Waals surface area contributed by atoms with Gasteiger partial charge in [-0.3, -0.25) is 19.3 Å². The molecule has 2 saturated carbocycles. The molecule has 1 amide bonds. The van der Waals surface area contributed by atoms with Crippen LogP contribution in [0.4, 0.5) is 0 Å². The Balaban J connectivity index is 1.47. The maximum Gasteiger partial charge on any atom is 0.255 e. The minimum absolute atomic E-state index is 0.0196. The number of carbonyl (C=O) groups is 3. The predicted molar refractivity (Wildman–Crippen MR) is 149 cm³/mol. The number of hydrogen-bond donors (Lipinski definition) is 5. The Hall–Kier alpha value is -2.88. The molecule has 0 heterocycles. The number of primary amides is 1. The normalized spacial score (nSPS) is 27.1. The van der Waals surface area contributed by atoms with Crippen LogP contribution in [-0.4, -0.2) is 61.5 Å². The Kier molecular flexibility index (Phi) is 7.76. The van der Waals surface area contributed by atoms with Crippen molar-refractivity contribution in [1.82, 2.24) is 4.90 Å². The van der Waals surface area contributed by atoms with Crippen LogP contribution in [-0.2, 0) is 27.3 Å². The first-order valence-electron chi connectivity index (χ1n) is 14.2. The summed E-state index contributed by atoms with van der Waals surface area (Å²) in [4.78, 5) is 40.2. The molecule has 0 radical (unpaired) electrons. The lowest BCUT2D eigenvalue weighted by molar-refractivity contribution is -0.147. The monoisotopic (exact) mass is 572 g/mol. The number of fused-ring (bicyclic) bond motifs is 3. The number of halogens is 1. The fourth-order valence-electron chi connectivity index (χ4n) is 7.27. The fraction of sp³-hybridized carbons (Fsp3) is 0.567. The third-order valence-electron chi connectivity index (χ3n) is 9.49. The highest BCUT2D eigenvalue weighted by molar-refractivity contribution is 6.32. The molecule has 1 unspecified atom stereocenters. The number of hydrogen-bond acceptors (Lipinski definition) is 8. The third-order valence-corrected chi connectivity index (χ3v) is 9.96. The van der Waals surface area contributed by atoms with Crippen LogP contribution in [0.15, 0.2) is 23.0 Å². The largest absolute Gasteiger partial charge is 0.508 e. The van der Waals surface area contributed by atoms with Crippen LogP contribution in [0.5, 0.6) is 5.75 Å². The summed E-state index contributed by atoms with van der Waals surface area (Å²) in [6, 6.07) is 1.51. The number of amides is 1. The molecular formula is C30H37ClN2O7. The summed E-state index contributed by atoms with van der Waals surface area (Å²) in [5.74, 6) is -5.73. The van der Waals surface area contributed by atoms with Gasteiger partial charge in [0.05, 0.1) is 5.56 Å². The van der Waals surface area contributed by atoms with Crippen molar-refractivity contribution in [2.24, 2.45) is 23.5 Å². The molecule has 216 valence electrons. The lowest BCUT2D eigenvalue weighted by Gasteiger charge is -2.46. The summed E-state index contributed by atoms with van der Waals surface area (Å²) in [6.07, 6.45) is 7.47. The second kappa shape index (κ2) is 10.8. The molecular weight excluding hydrogens is 536 g/mol. The molecule has 0 aromatic heterocycles. The molecule has 0 spiro atoms. The highest BCUT2D eigenvalue weighted by Gasteiger charge is 2.60. The first-order valence-corrected chi connectivity index (χ1v) is 14.6. The number of aliphatic hydroxyl groups excluding tert-OH is 2. The highest BCUT2D eigenvalue weighted by Crippen LogP contribution is 2.53. The number of aromatic hydroxyl groups is 1. The molecule has 3 atom stereocenters. The quantitative estimate of drug-likeness (QED) is 0.308. The maximum absolute atomic E-state index is 13.6. The molecule has 1 aromatic rings. The lowest BCUT2D eigenvalue weighted by atomic mass is 9.59. The molecule has 10 heteroatoms. The summed E-state index contributed by atoms with van der Waals surface area (Å²) in [5, 5.41) is 44.7. The average Bonchev–Trinajstić information content (AvgIpc) is 2.91. The third kappa shape index (κ3) is 4.62. The molecule has 2 fully saturated rings. The lowest BCUT2D eigenvalue weighted by Crippen LogP contribution is -2.58. The van der Waals surface area contributed by atoms with E-state index in [0.29, 0.717) is 17.1 Å². The van der Waals surface area contributed by atoms with Gasteiger partial charge in [0, 0.05) is 29.5 Å². The van der Waals surface area contributed by atoms with Gasteiger partial charge in [0.2, 0.25) is 5.78 Å². The predicted octanol–water partition coefficient (Wildman–Crippen LogP) is 3.87. The number of aliphatic hydroxyl groups is 3. The average molecular weight is 573 g/mol. The number of rotatable bonds is 7. The standard InChI is InChI=1S/C30H37ClN2O7/c1-2-33(9-8-15-6-4-3-5-7-15)14-17-12-20(34)23-19(25(17)31)11-16-10-18-13-21(35)24(29(32)39)28(38)30(18,40)27(37)22(16)26(23)36/h12,15-16,18,34,36,38,40H,2-11,13-14H2,1H3,(H2,32,39)/t16?,18-,30-/m0/s1. The molecule has 4 aliphatic rings. The number of carbonyl (C=O) groups excluding carboxylic acids is 3. The number of benzene rings is 1. The van der Waals surface area contributed by atoms with E-state index in [0.717, 1.165) is 31.0 Å². The zero-order valence-corrected chi connectivity index (χ0v) is 23.5. The van der Waals surface area contributed by atoms with Crippen molar-refractivity contribution in [2.75, 3.05) is 13.1 Å². The van der Waals surface area contributed by atoms with Crippen molar-refractivity contribution in [1.29, 1.82) is 0 Å². The van der Waals surface area contributed by atoms with Gasteiger partial charge >= 0.3 is 0 Å². The van der Waals surface area contributed by atoms with Gasteiger partial charge in [-0.25, -0.2) is 0 Å². The molecule has 4 aliphatic carbocycles. The topological polar surface area (TPSA) is 161 Å². The van der Waals surface area contributed by atoms with E-state index in [2.05, 4.69) is 11.8 Å². The van der Waals surface area contributed by atoms with Gasteiger partial charge in [0.15, 0.2) is 11.4 Å². The van der Waals surface area contributed by atoms with E-state index in [-0.39, 0.29) is 36.1 Å². The molecule has 1 aromatic carbocycles. The molecule has 9 nitrogen and oxygen atoms in total. The van der Waals surface area contributed by atoms with E-state index in [9.17, 15) is 34.8 Å². The maximum atomic E-state index is 13.6. The van der Waals surface area contributed by atoms with Crippen LogP contribution in [0.1, 0.15) is 75.0 Å². The number of Topliss-reactive ketones (excluding diaryl/α,β-unsaturated/α-hetero) is 2. The molecule has 5 rings (SSSR count). The molecule has 0 bridgehead atoms. The van der Waals surface area contributed by atoms with Crippen molar-refractivity contribution in [3.05, 3.63) is 44.7 Å². The van der Waals surface area contributed by atoms with Crippen molar-refractivity contribution >= 4 is 34.8 Å². The molecule has 0 aliphatic heterocycles. The van der Waals surface area contributed by atoms with Gasteiger partial charge in [-0.05, 0) is 61.4 Å². The summed E-state index contributed by atoms with van der Waals surface area (Å²) in [6.45, 7) is 4.34. The molecule has 40 heavy (non-hydrogen) atoms. The van der Waals surface area contributed by atoms with Crippen LogP contribution in [0.25, 0.3) is 5.76 Å². The Morgan fingerprint density at radius 2 is 1.85 bits per heavy atom. The van der Waals surface area contributed by atoms with Crippen molar-refractivity contribution in [3.63, 3.8) is 0 Å². The number of phenolic OH excluding ortho intramolecular Hbond substituents is 1. The first kappa shape index (κ1) is 28.6. The van der Waals surface area contributed by atoms with E-state index < -0.39 is 52.0 Å². The van der Waals surface area contributed by atoms with Gasteiger partial charge in [-0.15, -0.1) is 0 Å². The van der Waals surface area contributed by atoms with Crippen LogP contribution in [0.2, 0.25) is 5.02 Å². The van der Waals surface area contributed by atoms with Crippen LogP contribution in [0.3, 0.4) is 0 Å². The van der Waals surface area contributed by atoms with E-state index in [1.54, 1.807) is 0 Å².